The van der Waals surface area contributed by atoms with Crippen molar-refractivity contribution in [3.05, 3.63) is 58.5 Å². The molecule has 1 aliphatic rings. The highest BCUT2D eigenvalue weighted by molar-refractivity contribution is 5.08. The van der Waals surface area contributed by atoms with Crippen LogP contribution in [-0.2, 0) is 13.1 Å². The lowest BCUT2D eigenvalue weighted by Gasteiger charge is -2.32. The molecule has 1 fully saturated rings. The Hall–Kier alpha value is -2.01. The Labute approximate surface area is 130 Å². The van der Waals surface area contributed by atoms with Crippen LogP contribution < -0.4 is 5.56 Å². The average molecular weight is 298 g/mol. The summed E-state index contributed by atoms with van der Waals surface area (Å²) in [6.07, 6.45) is 9.29. The van der Waals surface area contributed by atoms with Crippen molar-refractivity contribution >= 4 is 0 Å². The van der Waals surface area contributed by atoms with E-state index in [1.807, 2.05) is 25.4 Å². The molecule has 116 valence electrons. The summed E-state index contributed by atoms with van der Waals surface area (Å²) in [5.41, 5.74) is 2.07. The van der Waals surface area contributed by atoms with Crippen LogP contribution in [0.15, 0.2) is 41.8 Å². The van der Waals surface area contributed by atoms with Gasteiger partial charge in [0.05, 0.1) is 6.33 Å². The lowest BCUT2D eigenvalue weighted by molar-refractivity contribution is 0.166. The predicted molar refractivity (Wildman–Crippen MR) is 85.5 cm³/mol. The van der Waals surface area contributed by atoms with Gasteiger partial charge in [0.15, 0.2) is 0 Å². The van der Waals surface area contributed by atoms with Crippen LogP contribution >= 0.6 is 0 Å². The van der Waals surface area contributed by atoms with E-state index in [0.29, 0.717) is 5.92 Å². The first kappa shape index (κ1) is 14.9. The van der Waals surface area contributed by atoms with E-state index in [-0.39, 0.29) is 5.56 Å². The molecule has 3 rings (SSSR count). The van der Waals surface area contributed by atoms with Gasteiger partial charge in [0.2, 0.25) is 0 Å². The zero-order valence-electron chi connectivity index (χ0n) is 13.0. The minimum absolute atomic E-state index is 0.0905. The Morgan fingerprint density at radius 3 is 2.77 bits per heavy atom. The Bertz CT molecular complexity index is 660. The van der Waals surface area contributed by atoms with Gasteiger partial charge in [-0.15, -0.1) is 0 Å². The maximum Gasteiger partial charge on any atom is 0.256 e. The molecule has 0 aliphatic carbocycles. The Kier molecular flexibility index (Phi) is 4.63. The minimum Gasteiger partial charge on any atom is -0.299 e. The number of piperidine rings is 1. The second-order valence-corrected chi connectivity index (χ2v) is 6.11. The SMILES string of the molecule is Cc1cncn(CC2CCN(Cc3cccnc3)CC2)c1=O. The summed E-state index contributed by atoms with van der Waals surface area (Å²) in [6.45, 7) is 5.73. The van der Waals surface area contributed by atoms with Crippen LogP contribution in [0.5, 0.6) is 0 Å². The van der Waals surface area contributed by atoms with Crippen LogP contribution in [0, 0.1) is 12.8 Å². The van der Waals surface area contributed by atoms with Gasteiger partial charge in [0.25, 0.3) is 5.56 Å². The summed E-state index contributed by atoms with van der Waals surface area (Å²) >= 11 is 0. The first-order valence-corrected chi connectivity index (χ1v) is 7.84. The van der Waals surface area contributed by atoms with Gasteiger partial charge >= 0.3 is 0 Å². The highest BCUT2D eigenvalue weighted by atomic mass is 16.1. The minimum atomic E-state index is 0.0905. The molecule has 0 aromatic carbocycles. The fourth-order valence-corrected chi connectivity index (χ4v) is 3.04. The number of aromatic nitrogens is 3. The van der Waals surface area contributed by atoms with E-state index in [1.54, 1.807) is 17.1 Å². The summed E-state index contributed by atoms with van der Waals surface area (Å²) in [5.74, 6) is 0.562. The fourth-order valence-electron chi connectivity index (χ4n) is 3.04. The molecule has 0 atom stereocenters. The first-order chi connectivity index (χ1) is 10.7. The number of nitrogens with zero attached hydrogens (tertiary/aromatic N) is 4. The van der Waals surface area contributed by atoms with E-state index in [4.69, 9.17) is 0 Å². The molecule has 0 bridgehead atoms. The number of aryl methyl sites for hydroxylation is 1. The lowest BCUT2D eigenvalue weighted by atomic mass is 9.96. The third kappa shape index (κ3) is 3.60. The average Bonchev–Trinajstić information content (AvgIpc) is 2.55. The summed E-state index contributed by atoms with van der Waals surface area (Å²) in [4.78, 5) is 22.8. The molecular formula is C17H22N4O. The van der Waals surface area contributed by atoms with Crippen LogP contribution in [0.2, 0.25) is 0 Å². The van der Waals surface area contributed by atoms with Gasteiger partial charge in [-0.25, -0.2) is 4.98 Å². The van der Waals surface area contributed by atoms with E-state index >= 15 is 0 Å². The van der Waals surface area contributed by atoms with E-state index in [2.05, 4.69) is 20.9 Å². The van der Waals surface area contributed by atoms with Crippen molar-refractivity contribution < 1.29 is 0 Å². The number of hydrogen-bond donors (Lipinski definition) is 0. The molecule has 1 saturated heterocycles. The van der Waals surface area contributed by atoms with Crippen molar-refractivity contribution in [2.75, 3.05) is 13.1 Å². The van der Waals surface area contributed by atoms with Gasteiger partial charge in [0.1, 0.15) is 0 Å². The molecule has 2 aromatic heterocycles. The maximum atomic E-state index is 12.1. The molecule has 0 radical (unpaired) electrons. The lowest BCUT2D eigenvalue weighted by Crippen LogP contribution is -2.36. The third-order valence-electron chi connectivity index (χ3n) is 4.36. The highest BCUT2D eigenvalue weighted by Gasteiger charge is 2.20. The van der Waals surface area contributed by atoms with Gasteiger partial charge in [-0.05, 0) is 50.4 Å². The molecule has 2 aromatic rings. The van der Waals surface area contributed by atoms with Crippen molar-refractivity contribution in [2.45, 2.75) is 32.9 Å². The van der Waals surface area contributed by atoms with Crippen LogP contribution in [-0.4, -0.2) is 32.5 Å². The molecule has 0 N–H and O–H groups in total. The zero-order valence-corrected chi connectivity index (χ0v) is 13.0. The maximum absolute atomic E-state index is 12.1. The van der Waals surface area contributed by atoms with E-state index in [1.165, 1.54) is 5.56 Å². The molecule has 0 spiro atoms. The molecule has 0 saturated carbocycles. The topological polar surface area (TPSA) is 51.0 Å². The summed E-state index contributed by atoms with van der Waals surface area (Å²) in [7, 11) is 0. The van der Waals surface area contributed by atoms with Crippen LogP contribution in [0.4, 0.5) is 0 Å². The molecule has 22 heavy (non-hydrogen) atoms. The summed E-state index contributed by atoms with van der Waals surface area (Å²) in [5, 5.41) is 0. The second-order valence-electron chi connectivity index (χ2n) is 6.11. The van der Waals surface area contributed by atoms with Gasteiger partial charge in [0, 0.05) is 37.2 Å². The largest absolute Gasteiger partial charge is 0.299 e. The quantitative estimate of drug-likeness (QED) is 0.864. The smallest absolute Gasteiger partial charge is 0.256 e. The van der Waals surface area contributed by atoms with Crippen molar-refractivity contribution in [1.82, 2.24) is 19.4 Å². The third-order valence-corrected chi connectivity index (χ3v) is 4.36. The van der Waals surface area contributed by atoms with Crippen LogP contribution in [0.25, 0.3) is 0 Å². The number of hydrogen-bond acceptors (Lipinski definition) is 4. The van der Waals surface area contributed by atoms with E-state index in [9.17, 15) is 4.79 Å². The van der Waals surface area contributed by atoms with Crippen molar-refractivity contribution in [3.8, 4) is 0 Å². The number of pyridine rings is 1. The Morgan fingerprint density at radius 1 is 1.23 bits per heavy atom. The molecule has 1 aliphatic heterocycles. The fraction of sp³-hybridized carbons (Fsp3) is 0.471. The molecule has 0 unspecified atom stereocenters. The van der Waals surface area contributed by atoms with Crippen LogP contribution in [0.3, 0.4) is 0 Å². The summed E-state index contributed by atoms with van der Waals surface area (Å²) in [6, 6.07) is 4.11. The highest BCUT2D eigenvalue weighted by Crippen LogP contribution is 2.20. The summed E-state index contributed by atoms with van der Waals surface area (Å²) < 4.78 is 1.76. The Morgan fingerprint density at radius 2 is 2.05 bits per heavy atom. The monoisotopic (exact) mass is 298 g/mol. The standard InChI is InChI=1S/C17H22N4O/c1-14-9-19-13-21(17(14)22)12-15-4-7-20(8-5-15)11-16-3-2-6-18-10-16/h2-3,6,9-10,13,15H,4-5,7-8,11-12H2,1H3. The van der Waals surface area contributed by atoms with E-state index < -0.39 is 0 Å². The molecule has 5 heteroatoms. The normalized spacial score (nSPS) is 16.8. The van der Waals surface area contributed by atoms with Crippen molar-refractivity contribution in [1.29, 1.82) is 0 Å². The number of likely N-dealkylation sites (tertiary alicyclic amines) is 1. The van der Waals surface area contributed by atoms with Gasteiger partial charge < -0.3 is 0 Å². The number of rotatable bonds is 4. The van der Waals surface area contributed by atoms with Crippen LogP contribution in [0.1, 0.15) is 24.0 Å². The molecule has 5 nitrogen and oxygen atoms in total. The van der Waals surface area contributed by atoms with E-state index in [0.717, 1.165) is 44.6 Å². The molecule has 3 heterocycles. The molecule has 0 amide bonds. The van der Waals surface area contributed by atoms with Gasteiger partial charge in [-0.2, -0.15) is 0 Å². The van der Waals surface area contributed by atoms with Crippen molar-refractivity contribution in [3.63, 3.8) is 0 Å². The van der Waals surface area contributed by atoms with Gasteiger partial charge in [-0.1, -0.05) is 6.07 Å². The molecular weight excluding hydrogens is 276 g/mol. The predicted octanol–water partition coefficient (Wildman–Crippen LogP) is 1.86. The Balaban J connectivity index is 1.54. The van der Waals surface area contributed by atoms with Crippen molar-refractivity contribution in [2.24, 2.45) is 5.92 Å². The second kappa shape index (κ2) is 6.83. The first-order valence-electron chi connectivity index (χ1n) is 7.84. The van der Waals surface area contributed by atoms with Gasteiger partial charge in [-0.3, -0.25) is 19.2 Å². The zero-order chi connectivity index (χ0) is 15.4.